The number of amides is 1. The van der Waals surface area contributed by atoms with Gasteiger partial charge in [-0.3, -0.25) is 14.7 Å². The van der Waals surface area contributed by atoms with Crippen LogP contribution in [0.4, 0.5) is 5.13 Å². The summed E-state index contributed by atoms with van der Waals surface area (Å²) >= 11 is 1.53. The topological polar surface area (TPSA) is 55.3 Å². The van der Waals surface area contributed by atoms with E-state index < -0.39 is 0 Å². The Morgan fingerprint density at radius 1 is 0.971 bits per heavy atom. The molecule has 0 spiro atoms. The van der Waals surface area contributed by atoms with E-state index >= 15 is 0 Å². The van der Waals surface area contributed by atoms with Gasteiger partial charge < -0.3 is 4.74 Å². The number of aryl methyl sites for hydroxylation is 1. The Hall–Kier alpha value is -3.77. The Labute approximate surface area is 202 Å². The average Bonchev–Trinajstić information content (AvgIpc) is 3.32. The van der Waals surface area contributed by atoms with E-state index in [9.17, 15) is 4.79 Å². The number of benzene rings is 3. The second kappa shape index (κ2) is 9.61. The lowest BCUT2D eigenvalue weighted by molar-refractivity contribution is 0.0983. The van der Waals surface area contributed by atoms with Crippen molar-refractivity contribution in [2.75, 3.05) is 11.5 Å². The highest BCUT2D eigenvalue weighted by Crippen LogP contribution is 2.35. The molecule has 6 heteroatoms. The third-order valence-corrected chi connectivity index (χ3v) is 6.84. The molecule has 0 saturated carbocycles. The molecule has 0 N–H and O–H groups in total. The largest absolute Gasteiger partial charge is 0.493 e. The normalized spacial score (nSPS) is 11.1. The number of rotatable bonds is 7. The SMILES string of the molecule is CCOc1ccc2ccccc2c1C(=O)N(Cc1ccccn1)c1nc2c(CC)cccc2s1. The molecule has 0 atom stereocenters. The summed E-state index contributed by atoms with van der Waals surface area (Å²) in [5.41, 5.74) is 3.46. The summed E-state index contributed by atoms with van der Waals surface area (Å²) in [5.74, 6) is 0.426. The van der Waals surface area contributed by atoms with Gasteiger partial charge in [-0.15, -0.1) is 0 Å². The Kier molecular flexibility index (Phi) is 6.23. The number of carbonyl (C=O) groups excluding carboxylic acids is 1. The van der Waals surface area contributed by atoms with Crippen molar-refractivity contribution in [1.29, 1.82) is 0 Å². The zero-order valence-corrected chi connectivity index (χ0v) is 20.0. The maximum Gasteiger partial charge on any atom is 0.264 e. The molecule has 3 aromatic carbocycles. The summed E-state index contributed by atoms with van der Waals surface area (Å²) in [6.45, 7) is 4.83. The fraction of sp³-hybridized carbons (Fsp3) is 0.179. The van der Waals surface area contributed by atoms with Gasteiger partial charge in [0.05, 0.1) is 34.6 Å². The fourth-order valence-corrected chi connectivity index (χ4v) is 5.17. The highest BCUT2D eigenvalue weighted by atomic mass is 32.1. The molecule has 0 bridgehead atoms. The summed E-state index contributed by atoms with van der Waals surface area (Å²) < 4.78 is 6.98. The lowest BCUT2D eigenvalue weighted by atomic mass is 10.0. The van der Waals surface area contributed by atoms with E-state index in [4.69, 9.17) is 9.72 Å². The Bertz CT molecular complexity index is 1460. The van der Waals surface area contributed by atoms with Crippen molar-refractivity contribution in [3.8, 4) is 5.75 Å². The van der Waals surface area contributed by atoms with E-state index in [0.717, 1.165) is 33.1 Å². The smallest absolute Gasteiger partial charge is 0.264 e. The molecule has 0 aliphatic rings. The summed E-state index contributed by atoms with van der Waals surface area (Å²) in [5, 5.41) is 2.51. The van der Waals surface area contributed by atoms with Gasteiger partial charge in [-0.25, -0.2) is 4.98 Å². The van der Waals surface area contributed by atoms with Gasteiger partial charge >= 0.3 is 0 Å². The number of pyridine rings is 1. The van der Waals surface area contributed by atoms with E-state index in [0.29, 0.717) is 29.6 Å². The minimum Gasteiger partial charge on any atom is -0.493 e. The minimum atomic E-state index is -0.150. The minimum absolute atomic E-state index is 0.150. The Morgan fingerprint density at radius 3 is 2.62 bits per heavy atom. The van der Waals surface area contributed by atoms with E-state index in [1.807, 2.05) is 67.6 Å². The quantitative estimate of drug-likeness (QED) is 0.269. The van der Waals surface area contributed by atoms with Crippen LogP contribution in [0.25, 0.3) is 21.0 Å². The first-order valence-electron chi connectivity index (χ1n) is 11.4. The molecule has 5 rings (SSSR count). The van der Waals surface area contributed by atoms with Crippen LogP contribution in [0.15, 0.2) is 79.0 Å². The fourth-order valence-electron chi connectivity index (χ4n) is 4.16. The van der Waals surface area contributed by atoms with Crippen molar-refractivity contribution < 1.29 is 9.53 Å². The third kappa shape index (κ3) is 4.13. The van der Waals surface area contributed by atoms with Crippen LogP contribution in [-0.2, 0) is 13.0 Å². The molecule has 5 nitrogen and oxygen atoms in total. The first-order valence-corrected chi connectivity index (χ1v) is 12.3. The number of fused-ring (bicyclic) bond motifs is 2. The van der Waals surface area contributed by atoms with Crippen LogP contribution in [0.3, 0.4) is 0 Å². The van der Waals surface area contributed by atoms with Crippen LogP contribution >= 0.6 is 11.3 Å². The predicted molar refractivity (Wildman–Crippen MR) is 139 cm³/mol. The van der Waals surface area contributed by atoms with Crippen LogP contribution < -0.4 is 9.64 Å². The molecule has 0 aliphatic carbocycles. The monoisotopic (exact) mass is 467 g/mol. The molecule has 0 radical (unpaired) electrons. The first kappa shape index (κ1) is 22.0. The zero-order chi connectivity index (χ0) is 23.5. The van der Waals surface area contributed by atoms with Crippen molar-refractivity contribution in [1.82, 2.24) is 9.97 Å². The van der Waals surface area contributed by atoms with Gasteiger partial charge in [0.1, 0.15) is 5.75 Å². The molecule has 0 fully saturated rings. The van der Waals surface area contributed by atoms with Crippen molar-refractivity contribution in [3.05, 3.63) is 95.8 Å². The molecule has 0 aliphatic heterocycles. The molecule has 34 heavy (non-hydrogen) atoms. The zero-order valence-electron chi connectivity index (χ0n) is 19.2. The van der Waals surface area contributed by atoms with Gasteiger partial charge in [0.15, 0.2) is 5.13 Å². The number of ether oxygens (including phenoxy) is 1. The number of anilines is 1. The van der Waals surface area contributed by atoms with Crippen LogP contribution in [0.1, 0.15) is 35.5 Å². The molecule has 0 saturated heterocycles. The summed E-state index contributed by atoms with van der Waals surface area (Å²) in [7, 11) is 0. The number of aromatic nitrogens is 2. The van der Waals surface area contributed by atoms with Crippen molar-refractivity contribution in [2.45, 2.75) is 26.8 Å². The van der Waals surface area contributed by atoms with Gasteiger partial charge in [0.25, 0.3) is 5.91 Å². The van der Waals surface area contributed by atoms with E-state index in [1.54, 1.807) is 11.1 Å². The maximum absolute atomic E-state index is 14.3. The van der Waals surface area contributed by atoms with Crippen molar-refractivity contribution in [2.24, 2.45) is 0 Å². The summed E-state index contributed by atoms with van der Waals surface area (Å²) in [6.07, 6.45) is 2.63. The first-order chi connectivity index (χ1) is 16.7. The van der Waals surface area contributed by atoms with E-state index in [-0.39, 0.29) is 5.91 Å². The molecule has 5 aromatic rings. The van der Waals surface area contributed by atoms with Gasteiger partial charge in [-0.1, -0.05) is 66.8 Å². The van der Waals surface area contributed by atoms with Gasteiger partial charge in [-0.2, -0.15) is 0 Å². The standard InChI is InChI=1S/C28H25N3O2S/c1-3-19-11-9-14-24-26(19)30-28(34-24)31(18-21-12-7-8-17-29-21)27(32)25-22-13-6-5-10-20(22)15-16-23(25)33-4-2/h5-17H,3-4,18H2,1-2H3. The lowest BCUT2D eigenvalue weighted by Crippen LogP contribution is -2.31. The van der Waals surface area contributed by atoms with Crippen LogP contribution in [0, 0.1) is 0 Å². The Morgan fingerprint density at radius 2 is 1.82 bits per heavy atom. The van der Waals surface area contributed by atoms with Crippen LogP contribution in [0.5, 0.6) is 5.75 Å². The van der Waals surface area contributed by atoms with Crippen LogP contribution in [0.2, 0.25) is 0 Å². The molecular formula is C28H25N3O2S. The van der Waals surface area contributed by atoms with Gasteiger partial charge in [0, 0.05) is 6.20 Å². The average molecular weight is 468 g/mol. The molecular weight excluding hydrogens is 442 g/mol. The second-order valence-corrected chi connectivity index (χ2v) is 8.93. The van der Waals surface area contributed by atoms with E-state index in [2.05, 4.69) is 24.0 Å². The Balaban J connectivity index is 1.69. The predicted octanol–water partition coefficient (Wildman–Crippen LogP) is 6.65. The molecule has 0 unspecified atom stereocenters. The molecule has 1 amide bonds. The van der Waals surface area contributed by atoms with Gasteiger partial charge in [0.2, 0.25) is 0 Å². The van der Waals surface area contributed by atoms with Gasteiger partial charge in [-0.05, 0) is 53.9 Å². The number of nitrogens with zero attached hydrogens (tertiary/aromatic N) is 3. The number of carbonyl (C=O) groups is 1. The van der Waals surface area contributed by atoms with Crippen LogP contribution in [-0.4, -0.2) is 22.5 Å². The van der Waals surface area contributed by atoms with Crippen molar-refractivity contribution in [3.63, 3.8) is 0 Å². The maximum atomic E-state index is 14.3. The highest BCUT2D eigenvalue weighted by molar-refractivity contribution is 7.22. The highest BCUT2D eigenvalue weighted by Gasteiger charge is 2.27. The van der Waals surface area contributed by atoms with E-state index in [1.165, 1.54) is 16.9 Å². The summed E-state index contributed by atoms with van der Waals surface area (Å²) in [6, 6.07) is 23.7. The summed E-state index contributed by atoms with van der Waals surface area (Å²) in [4.78, 5) is 25.4. The number of hydrogen-bond donors (Lipinski definition) is 0. The molecule has 170 valence electrons. The third-order valence-electron chi connectivity index (χ3n) is 5.80. The number of hydrogen-bond acceptors (Lipinski definition) is 5. The number of para-hydroxylation sites is 1. The number of thiazole rings is 1. The van der Waals surface area contributed by atoms with Crippen molar-refractivity contribution >= 4 is 43.4 Å². The second-order valence-electron chi connectivity index (χ2n) is 7.92. The molecule has 2 heterocycles. The lowest BCUT2D eigenvalue weighted by Gasteiger charge is -2.22. The molecule has 2 aromatic heterocycles.